The topological polar surface area (TPSA) is 55.1 Å². The number of carbonyl (C=O) groups is 1. The monoisotopic (exact) mass is 306 g/mol. The molecule has 0 aromatic heterocycles. The van der Waals surface area contributed by atoms with Gasteiger partial charge in [0.25, 0.3) is 0 Å². The highest BCUT2D eigenvalue weighted by Crippen LogP contribution is 2.22. The Morgan fingerprint density at radius 1 is 1.43 bits per heavy atom. The molecule has 0 fully saturated rings. The Hall–Kier alpha value is -1.50. The number of rotatable bonds is 6. The van der Waals surface area contributed by atoms with E-state index in [0.29, 0.717) is 16.3 Å². The van der Waals surface area contributed by atoms with Crippen molar-refractivity contribution in [1.82, 2.24) is 0 Å². The number of anilines is 1. The van der Waals surface area contributed by atoms with Gasteiger partial charge in [0, 0.05) is 16.5 Å². The minimum Gasteiger partial charge on any atom is -0.325 e. The van der Waals surface area contributed by atoms with Crippen LogP contribution in [0.25, 0.3) is 0 Å². The van der Waals surface area contributed by atoms with Crippen molar-refractivity contribution in [3.63, 3.8) is 0 Å². The van der Waals surface area contributed by atoms with Crippen molar-refractivity contribution < 1.29 is 4.79 Å². The van der Waals surface area contributed by atoms with E-state index in [1.54, 1.807) is 18.2 Å². The zero-order chi connectivity index (χ0) is 15.7. The number of halogens is 1. The Balaban J connectivity index is 2.88. The standard InChI is InChI=1S/C17H23ClN2O/c1-3-5-7-13(4-2)17(21)20-16-10-9-15(18)12-14(16)8-6-11-19/h9-10,12-13H,3-5,7,11,19H2,1-2H3,(H,20,21). The van der Waals surface area contributed by atoms with E-state index in [1.165, 1.54) is 0 Å². The second-order valence-electron chi connectivity index (χ2n) is 4.93. The number of amides is 1. The Labute approximate surface area is 132 Å². The highest BCUT2D eigenvalue weighted by molar-refractivity contribution is 6.30. The Morgan fingerprint density at radius 2 is 2.19 bits per heavy atom. The van der Waals surface area contributed by atoms with Crippen LogP contribution in [0, 0.1) is 17.8 Å². The molecule has 0 aliphatic rings. The fourth-order valence-electron chi connectivity index (χ4n) is 2.08. The Kier molecular flexibility index (Phi) is 7.89. The predicted octanol–water partition coefficient (Wildman–Crippen LogP) is 3.81. The number of nitrogens with one attached hydrogen (secondary N) is 1. The molecule has 3 nitrogen and oxygen atoms in total. The normalized spacial score (nSPS) is 11.4. The summed E-state index contributed by atoms with van der Waals surface area (Å²) in [6.07, 6.45) is 3.91. The van der Waals surface area contributed by atoms with Crippen molar-refractivity contribution >= 4 is 23.2 Å². The van der Waals surface area contributed by atoms with Crippen LogP contribution in [0.3, 0.4) is 0 Å². The average molecular weight is 307 g/mol. The number of unbranched alkanes of at least 4 members (excludes halogenated alkanes) is 1. The van der Waals surface area contributed by atoms with Crippen LogP contribution < -0.4 is 11.1 Å². The summed E-state index contributed by atoms with van der Waals surface area (Å²) in [5.74, 6) is 5.82. The smallest absolute Gasteiger partial charge is 0.227 e. The predicted molar refractivity (Wildman–Crippen MR) is 89.3 cm³/mol. The molecule has 1 aromatic rings. The lowest BCUT2D eigenvalue weighted by Crippen LogP contribution is -2.22. The first kappa shape index (κ1) is 17.6. The summed E-state index contributed by atoms with van der Waals surface area (Å²) in [4.78, 5) is 12.3. The maximum absolute atomic E-state index is 12.3. The van der Waals surface area contributed by atoms with Gasteiger partial charge >= 0.3 is 0 Å². The summed E-state index contributed by atoms with van der Waals surface area (Å²) in [7, 11) is 0. The lowest BCUT2D eigenvalue weighted by molar-refractivity contribution is -0.120. The van der Waals surface area contributed by atoms with Crippen LogP contribution >= 0.6 is 11.6 Å². The zero-order valence-corrected chi connectivity index (χ0v) is 13.5. The van der Waals surface area contributed by atoms with Crippen LogP contribution in [-0.4, -0.2) is 12.5 Å². The van der Waals surface area contributed by atoms with Crippen LogP contribution in [0.5, 0.6) is 0 Å². The maximum Gasteiger partial charge on any atom is 0.227 e. The molecule has 0 aliphatic carbocycles. The molecule has 0 saturated carbocycles. The second-order valence-corrected chi connectivity index (χ2v) is 5.37. The molecule has 21 heavy (non-hydrogen) atoms. The summed E-state index contributed by atoms with van der Waals surface area (Å²) >= 11 is 5.98. The number of hydrogen-bond acceptors (Lipinski definition) is 2. The van der Waals surface area contributed by atoms with Crippen LogP contribution in [0.2, 0.25) is 5.02 Å². The molecule has 0 heterocycles. The first-order valence-corrected chi connectivity index (χ1v) is 7.79. The van der Waals surface area contributed by atoms with Gasteiger partial charge in [-0.3, -0.25) is 4.79 Å². The molecule has 0 saturated heterocycles. The number of hydrogen-bond donors (Lipinski definition) is 2. The molecule has 0 radical (unpaired) electrons. The highest BCUT2D eigenvalue weighted by atomic mass is 35.5. The van der Waals surface area contributed by atoms with E-state index >= 15 is 0 Å². The third-order valence-corrected chi connectivity index (χ3v) is 3.57. The van der Waals surface area contributed by atoms with Crippen LogP contribution in [-0.2, 0) is 4.79 Å². The number of nitrogens with two attached hydrogens (primary N) is 1. The van der Waals surface area contributed by atoms with Gasteiger partial charge in [0.05, 0.1) is 12.2 Å². The quantitative estimate of drug-likeness (QED) is 0.785. The minimum atomic E-state index is 0.0379. The van der Waals surface area contributed by atoms with E-state index in [2.05, 4.69) is 24.1 Å². The summed E-state index contributed by atoms with van der Waals surface area (Å²) in [5, 5.41) is 3.56. The van der Waals surface area contributed by atoms with Gasteiger partial charge in [0.15, 0.2) is 0 Å². The highest BCUT2D eigenvalue weighted by Gasteiger charge is 2.16. The molecule has 0 bridgehead atoms. The summed E-state index contributed by atoms with van der Waals surface area (Å²) < 4.78 is 0. The van der Waals surface area contributed by atoms with Crippen molar-refractivity contribution in [2.24, 2.45) is 11.7 Å². The molecule has 1 aromatic carbocycles. The molecular formula is C17H23ClN2O. The SMILES string of the molecule is CCCCC(CC)C(=O)Nc1ccc(Cl)cc1C#CCN. The van der Waals surface area contributed by atoms with Gasteiger partial charge in [0.1, 0.15) is 0 Å². The molecule has 1 unspecified atom stereocenters. The molecule has 1 amide bonds. The van der Waals surface area contributed by atoms with Gasteiger partial charge in [-0.15, -0.1) is 0 Å². The Morgan fingerprint density at radius 3 is 2.81 bits per heavy atom. The zero-order valence-electron chi connectivity index (χ0n) is 12.7. The lowest BCUT2D eigenvalue weighted by atomic mass is 9.98. The fraction of sp³-hybridized carbons (Fsp3) is 0.471. The van der Waals surface area contributed by atoms with Gasteiger partial charge in [0.2, 0.25) is 5.91 Å². The van der Waals surface area contributed by atoms with Crippen LogP contribution in [0.4, 0.5) is 5.69 Å². The van der Waals surface area contributed by atoms with Crippen LogP contribution in [0.1, 0.15) is 45.1 Å². The minimum absolute atomic E-state index is 0.0379. The van der Waals surface area contributed by atoms with Crippen molar-refractivity contribution in [2.75, 3.05) is 11.9 Å². The fourth-order valence-corrected chi connectivity index (χ4v) is 2.25. The first-order chi connectivity index (χ1) is 10.1. The molecule has 1 atom stereocenters. The number of carbonyl (C=O) groups excluding carboxylic acids is 1. The molecular weight excluding hydrogens is 284 g/mol. The van der Waals surface area contributed by atoms with Crippen molar-refractivity contribution in [2.45, 2.75) is 39.5 Å². The second kappa shape index (κ2) is 9.44. The van der Waals surface area contributed by atoms with E-state index in [0.717, 1.165) is 25.7 Å². The molecule has 3 N–H and O–H groups in total. The van der Waals surface area contributed by atoms with E-state index in [1.807, 2.05) is 6.92 Å². The third kappa shape index (κ3) is 5.79. The van der Waals surface area contributed by atoms with Gasteiger partial charge < -0.3 is 11.1 Å². The van der Waals surface area contributed by atoms with E-state index in [-0.39, 0.29) is 18.4 Å². The molecule has 0 spiro atoms. The summed E-state index contributed by atoms with van der Waals surface area (Å²) in [6, 6.07) is 5.28. The van der Waals surface area contributed by atoms with Gasteiger partial charge in [-0.05, 0) is 31.0 Å². The van der Waals surface area contributed by atoms with Crippen molar-refractivity contribution in [1.29, 1.82) is 0 Å². The average Bonchev–Trinajstić information content (AvgIpc) is 2.48. The summed E-state index contributed by atoms with van der Waals surface area (Å²) in [5.41, 5.74) is 6.79. The van der Waals surface area contributed by atoms with Gasteiger partial charge in [-0.1, -0.05) is 50.1 Å². The van der Waals surface area contributed by atoms with Crippen molar-refractivity contribution in [3.05, 3.63) is 28.8 Å². The van der Waals surface area contributed by atoms with E-state index < -0.39 is 0 Å². The molecule has 114 valence electrons. The molecule has 4 heteroatoms. The lowest BCUT2D eigenvalue weighted by Gasteiger charge is -2.15. The van der Waals surface area contributed by atoms with E-state index in [9.17, 15) is 4.79 Å². The number of benzene rings is 1. The molecule has 0 aliphatic heterocycles. The van der Waals surface area contributed by atoms with Crippen LogP contribution in [0.15, 0.2) is 18.2 Å². The largest absolute Gasteiger partial charge is 0.325 e. The Bertz CT molecular complexity index is 531. The summed E-state index contributed by atoms with van der Waals surface area (Å²) in [6.45, 7) is 4.44. The molecule has 1 rings (SSSR count). The van der Waals surface area contributed by atoms with E-state index in [4.69, 9.17) is 17.3 Å². The van der Waals surface area contributed by atoms with Gasteiger partial charge in [-0.2, -0.15) is 0 Å². The van der Waals surface area contributed by atoms with Crippen molar-refractivity contribution in [3.8, 4) is 11.8 Å². The van der Waals surface area contributed by atoms with Gasteiger partial charge in [-0.25, -0.2) is 0 Å². The maximum atomic E-state index is 12.3. The third-order valence-electron chi connectivity index (χ3n) is 3.33. The first-order valence-electron chi connectivity index (χ1n) is 7.41.